The lowest BCUT2D eigenvalue weighted by Gasteiger charge is -2.21. The van der Waals surface area contributed by atoms with Gasteiger partial charge in [0.15, 0.2) is 5.82 Å². The Morgan fingerprint density at radius 2 is 1.85 bits per heavy atom. The fourth-order valence-corrected chi connectivity index (χ4v) is 3.65. The van der Waals surface area contributed by atoms with Gasteiger partial charge in [0.2, 0.25) is 5.95 Å². The number of benzene rings is 2. The summed E-state index contributed by atoms with van der Waals surface area (Å²) in [6, 6.07) is 8.45. The van der Waals surface area contributed by atoms with Crippen LogP contribution in [0.15, 0.2) is 41.2 Å². The van der Waals surface area contributed by atoms with Gasteiger partial charge in [0.05, 0.1) is 27.7 Å². The smallest absolute Gasteiger partial charge is 0.267 e. The fraction of sp³-hybridized carbons (Fsp3) is 0.0952. The van der Waals surface area contributed by atoms with Crippen LogP contribution in [0.5, 0.6) is 0 Å². The minimum Gasteiger partial charge on any atom is -0.382 e. The Labute approximate surface area is 190 Å². The fourth-order valence-electron chi connectivity index (χ4n) is 3.40. The summed E-state index contributed by atoms with van der Waals surface area (Å²) in [7, 11) is 0. The van der Waals surface area contributed by atoms with E-state index in [1.54, 1.807) is 19.1 Å². The molecule has 0 aliphatic carbocycles. The first kappa shape index (κ1) is 21.9. The Balaban J connectivity index is 1.97. The van der Waals surface area contributed by atoms with Gasteiger partial charge < -0.3 is 16.8 Å². The van der Waals surface area contributed by atoms with Gasteiger partial charge in [-0.1, -0.05) is 17.7 Å². The lowest BCUT2D eigenvalue weighted by Crippen LogP contribution is -2.28. The average molecular weight is 469 g/mol. The van der Waals surface area contributed by atoms with Crippen molar-refractivity contribution in [3.63, 3.8) is 0 Å². The molecule has 2 aromatic heterocycles. The van der Waals surface area contributed by atoms with Gasteiger partial charge in [-0.25, -0.2) is 13.8 Å². The van der Waals surface area contributed by atoms with E-state index in [4.69, 9.17) is 23.1 Å². The Hall–Kier alpha value is -4.30. The molecule has 0 saturated carbocycles. The Bertz CT molecular complexity index is 1500. The number of nitrogens with two attached hydrogens (primary N) is 2. The van der Waals surface area contributed by atoms with Crippen LogP contribution in [0.1, 0.15) is 24.4 Å². The molecule has 4 rings (SSSR count). The van der Waals surface area contributed by atoms with Crippen LogP contribution in [0.2, 0.25) is 5.02 Å². The summed E-state index contributed by atoms with van der Waals surface area (Å²) in [5.41, 5.74) is 10.9. The molecule has 33 heavy (non-hydrogen) atoms. The normalized spacial score (nSPS) is 11.8. The van der Waals surface area contributed by atoms with Crippen molar-refractivity contribution in [1.29, 1.82) is 5.26 Å². The molecular formula is C21H15ClF2N8O. The lowest BCUT2D eigenvalue weighted by atomic mass is 10.2. The third kappa shape index (κ3) is 3.99. The number of nitrogens with one attached hydrogen (secondary N) is 1. The molecule has 0 aliphatic heterocycles. The number of anilines is 3. The standard InChI is InChI=1S/C21H15ClF2N8O/c1-9(28-18-13(8-25)17(26)30-21(27)31-18)19-29-15-4-2-3-14(22)16(15)20(33)32(19)12-6-10(23)5-11(24)7-12/h2-7,9H,1H3,(H5,26,27,28,30,31). The molecule has 0 bridgehead atoms. The number of aromatic nitrogens is 4. The molecule has 9 nitrogen and oxygen atoms in total. The maximum atomic E-state index is 14.0. The van der Waals surface area contributed by atoms with Gasteiger partial charge in [0, 0.05) is 6.07 Å². The van der Waals surface area contributed by atoms with E-state index in [0.717, 1.165) is 16.7 Å². The highest BCUT2D eigenvalue weighted by Crippen LogP contribution is 2.27. The van der Waals surface area contributed by atoms with E-state index < -0.39 is 23.2 Å². The molecule has 2 heterocycles. The summed E-state index contributed by atoms with van der Waals surface area (Å²) in [5.74, 6) is -2.00. The van der Waals surface area contributed by atoms with Crippen molar-refractivity contribution in [2.45, 2.75) is 13.0 Å². The molecule has 2 aromatic carbocycles. The van der Waals surface area contributed by atoms with Crippen LogP contribution < -0.4 is 22.3 Å². The minimum absolute atomic E-state index is 0.00686. The van der Waals surface area contributed by atoms with E-state index in [1.165, 1.54) is 6.07 Å². The molecule has 4 aromatic rings. The van der Waals surface area contributed by atoms with Crippen molar-refractivity contribution in [2.75, 3.05) is 16.8 Å². The second kappa shape index (κ2) is 8.33. The van der Waals surface area contributed by atoms with Crippen LogP contribution in [0.3, 0.4) is 0 Å². The van der Waals surface area contributed by atoms with E-state index in [1.807, 2.05) is 6.07 Å². The first-order chi connectivity index (χ1) is 15.7. The predicted molar refractivity (Wildman–Crippen MR) is 120 cm³/mol. The number of rotatable bonds is 4. The molecule has 12 heteroatoms. The molecule has 0 aliphatic rings. The predicted octanol–water partition coefficient (Wildman–Crippen LogP) is 3.32. The van der Waals surface area contributed by atoms with Crippen molar-refractivity contribution >= 4 is 40.1 Å². The molecule has 0 radical (unpaired) electrons. The Morgan fingerprint density at radius 3 is 2.52 bits per heavy atom. The lowest BCUT2D eigenvalue weighted by molar-refractivity contribution is 0.579. The number of fused-ring (bicyclic) bond motifs is 1. The molecule has 0 fully saturated rings. The molecular weight excluding hydrogens is 454 g/mol. The summed E-state index contributed by atoms with van der Waals surface area (Å²) in [4.78, 5) is 25.7. The van der Waals surface area contributed by atoms with Crippen LogP contribution in [0.4, 0.5) is 26.4 Å². The van der Waals surface area contributed by atoms with E-state index in [2.05, 4.69) is 20.3 Å². The number of nitrogen functional groups attached to an aromatic ring is 2. The van der Waals surface area contributed by atoms with E-state index in [0.29, 0.717) is 6.07 Å². The first-order valence-electron chi connectivity index (χ1n) is 9.47. The molecule has 166 valence electrons. The highest BCUT2D eigenvalue weighted by molar-refractivity contribution is 6.35. The van der Waals surface area contributed by atoms with Crippen LogP contribution in [-0.2, 0) is 0 Å². The second-order valence-electron chi connectivity index (χ2n) is 7.04. The summed E-state index contributed by atoms with van der Waals surface area (Å²) in [6.45, 7) is 1.61. The molecule has 1 unspecified atom stereocenters. The molecule has 0 spiro atoms. The van der Waals surface area contributed by atoms with E-state index >= 15 is 0 Å². The van der Waals surface area contributed by atoms with Gasteiger partial charge in [-0.05, 0) is 31.2 Å². The number of hydrogen-bond donors (Lipinski definition) is 3. The zero-order valence-electron chi connectivity index (χ0n) is 17.0. The number of halogens is 3. The zero-order valence-corrected chi connectivity index (χ0v) is 17.7. The van der Waals surface area contributed by atoms with Crippen LogP contribution in [0.25, 0.3) is 16.6 Å². The van der Waals surface area contributed by atoms with Gasteiger partial charge in [0.1, 0.15) is 34.9 Å². The number of hydrogen-bond acceptors (Lipinski definition) is 8. The van der Waals surface area contributed by atoms with Gasteiger partial charge in [-0.15, -0.1) is 0 Å². The van der Waals surface area contributed by atoms with Crippen molar-refractivity contribution in [1.82, 2.24) is 19.5 Å². The largest absolute Gasteiger partial charge is 0.382 e. The number of nitrogens with zero attached hydrogens (tertiary/aromatic N) is 5. The molecule has 1 atom stereocenters. The Morgan fingerprint density at radius 1 is 1.15 bits per heavy atom. The maximum Gasteiger partial charge on any atom is 0.267 e. The SMILES string of the molecule is CC(Nc1nc(N)nc(N)c1C#N)c1nc2cccc(Cl)c2c(=O)n1-c1cc(F)cc(F)c1. The quantitative estimate of drug-likeness (QED) is 0.413. The first-order valence-corrected chi connectivity index (χ1v) is 9.84. The van der Waals surface area contributed by atoms with Crippen LogP contribution >= 0.6 is 11.6 Å². The minimum atomic E-state index is -0.883. The summed E-state index contributed by atoms with van der Waals surface area (Å²) < 4.78 is 29.1. The third-order valence-corrected chi connectivity index (χ3v) is 5.10. The van der Waals surface area contributed by atoms with E-state index in [-0.39, 0.29) is 50.6 Å². The molecule has 5 N–H and O–H groups in total. The highest BCUT2D eigenvalue weighted by Gasteiger charge is 2.22. The van der Waals surface area contributed by atoms with Crippen molar-refractivity contribution in [3.8, 4) is 11.8 Å². The van der Waals surface area contributed by atoms with Crippen molar-refractivity contribution in [3.05, 3.63) is 74.8 Å². The average Bonchev–Trinajstić information content (AvgIpc) is 2.72. The zero-order chi connectivity index (χ0) is 23.9. The van der Waals surface area contributed by atoms with Gasteiger partial charge in [-0.3, -0.25) is 9.36 Å². The number of nitriles is 1. The summed E-state index contributed by atoms with van der Waals surface area (Å²) >= 11 is 6.22. The van der Waals surface area contributed by atoms with Crippen LogP contribution in [-0.4, -0.2) is 19.5 Å². The van der Waals surface area contributed by atoms with Crippen LogP contribution in [0, 0.1) is 23.0 Å². The topological polar surface area (TPSA) is 149 Å². The second-order valence-corrected chi connectivity index (χ2v) is 7.45. The summed E-state index contributed by atoms with van der Waals surface area (Å²) in [5, 5.41) is 12.6. The van der Waals surface area contributed by atoms with E-state index in [9.17, 15) is 18.8 Å². The Kier molecular flexibility index (Phi) is 5.53. The van der Waals surface area contributed by atoms with Gasteiger partial charge in [0.25, 0.3) is 5.56 Å². The highest BCUT2D eigenvalue weighted by atomic mass is 35.5. The van der Waals surface area contributed by atoms with Gasteiger partial charge >= 0.3 is 0 Å². The summed E-state index contributed by atoms with van der Waals surface area (Å²) in [6.07, 6.45) is 0. The van der Waals surface area contributed by atoms with Gasteiger partial charge in [-0.2, -0.15) is 15.2 Å². The van der Waals surface area contributed by atoms with Crippen molar-refractivity contribution in [2.24, 2.45) is 0 Å². The monoisotopic (exact) mass is 468 g/mol. The maximum absolute atomic E-state index is 14.0. The van der Waals surface area contributed by atoms with Crippen molar-refractivity contribution < 1.29 is 8.78 Å². The molecule has 0 amide bonds. The third-order valence-electron chi connectivity index (χ3n) is 4.78. The molecule has 0 saturated heterocycles.